The van der Waals surface area contributed by atoms with Crippen LogP contribution in [0.4, 0.5) is 22.0 Å². The summed E-state index contributed by atoms with van der Waals surface area (Å²) in [4.78, 5) is 12.6. The summed E-state index contributed by atoms with van der Waals surface area (Å²) < 4.78 is 13.3. The molecule has 0 radical (unpaired) electrons. The van der Waals surface area contributed by atoms with Gasteiger partial charge in [0, 0.05) is 17.8 Å². The zero-order valence-corrected chi connectivity index (χ0v) is 10.9. The predicted octanol–water partition coefficient (Wildman–Crippen LogP) is 2.34. The molecule has 2 aromatic rings. The van der Waals surface area contributed by atoms with Gasteiger partial charge in [-0.2, -0.15) is 15.0 Å². The SMILES string of the molecule is Cc1nc(Nc2ccc(O)c(F)c2)nc(NC2CC2)n1. The van der Waals surface area contributed by atoms with Crippen LogP contribution in [0.15, 0.2) is 18.2 Å². The summed E-state index contributed by atoms with van der Waals surface area (Å²) in [5, 5.41) is 15.2. The van der Waals surface area contributed by atoms with Crippen LogP contribution >= 0.6 is 0 Å². The quantitative estimate of drug-likeness (QED) is 0.743. The number of hydrogen-bond donors (Lipinski definition) is 3. The first-order valence-corrected chi connectivity index (χ1v) is 6.35. The summed E-state index contributed by atoms with van der Waals surface area (Å²) >= 11 is 0. The van der Waals surface area contributed by atoms with Gasteiger partial charge in [0.25, 0.3) is 0 Å². The fourth-order valence-electron chi connectivity index (χ4n) is 1.73. The van der Waals surface area contributed by atoms with Gasteiger partial charge in [-0.1, -0.05) is 0 Å². The van der Waals surface area contributed by atoms with Crippen molar-refractivity contribution in [1.29, 1.82) is 0 Å². The number of aromatic nitrogens is 3. The van der Waals surface area contributed by atoms with Crippen LogP contribution < -0.4 is 10.6 Å². The molecule has 20 heavy (non-hydrogen) atoms. The van der Waals surface area contributed by atoms with Crippen molar-refractivity contribution in [3.05, 3.63) is 29.8 Å². The summed E-state index contributed by atoms with van der Waals surface area (Å²) in [6, 6.07) is 4.44. The van der Waals surface area contributed by atoms with E-state index in [4.69, 9.17) is 5.11 Å². The Morgan fingerprint density at radius 2 is 1.95 bits per heavy atom. The highest BCUT2D eigenvalue weighted by Crippen LogP contribution is 2.24. The number of nitrogens with zero attached hydrogens (tertiary/aromatic N) is 3. The lowest BCUT2D eigenvalue weighted by Crippen LogP contribution is -2.09. The molecule has 0 atom stereocenters. The number of aryl methyl sites for hydroxylation is 1. The second kappa shape index (κ2) is 4.92. The minimum Gasteiger partial charge on any atom is -0.505 e. The predicted molar refractivity (Wildman–Crippen MR) is 72.6 cm³/mol. The summed E-state index contributed by atoms with van der Waals surface area (Å²) in [5.41, 5.74) is 0.461. The summed E-state index contributed by atoms with van der Waals surface area (Å²) in [7, 11) is 0. The molecule has 3 rings (SSSR count). The molecular weight excluding hydrogens is 261 g/mol. The molecule has 0 spiro atoms. The van der Waals surface area contributed by atoms with Gasteiger partial charge in [-0.15, -0.1) is 0 Å². The van der Waals surface area contributed by atoms with Crippen LogP contribution in [0.2, 0.25) is 0 Å². The number of phenols is 1. The Morgan fingerprint density at radius 1 is 1.20 bits per heavy atom. The van der Waals surface area contributed by atoms with Gasteiger partial charge < -0.3 is 15.7 Å². The molecular formula is C13H14FN5O. The van der Waals surface area contributed by atoms with E-state index in [9.17, 15) is 4.39 Å². The maximum absolute atomic E-state index is 13.3. The summed E-state index contributed by atoms with van der Waals surface area (Å²) in [5.74, 6) is 0.341. The van der Waals surface area contributed by atoms with Crippen molar-refractivity contribution >= 4 is 17.6 Å². The van der Waals surface area contributed by atoms with Crippen LogP contribution in [-0.2, 0) is 0 Å². The molecule has 6 nitrogen and oxygen atoms in total. The lowest BCUT2D eigenvalue weighted by Gasteiger charge is -2.08. The van der Waals surface area contributed by atoms with E-state index < -0.39 is 11.6 Å². The van der Waals surface area contributed by atoms with Crippen molar-refractivity contribution in [1.82, 2.24) is 15.0 Å². The highest BCUT2D eigenvalue weighted by Gasteiger charge is 2.22. The summed E-state index contributed by atoms with van der Waals surface area (Å²) in [6.45, 7) is 1.77. The number of halogens is 1. The number of nitrogens with one attached hydrogen (secondary N) is 2. The van der Waals surface area contributed by atoms with E-state index in [0.29, 0.717) is 29.5 Å². The Balaban J connectivity index is 1.81. The van der Waals surface area contributed by atoms with E-state index >= 15 is 0 Å². The summed E-state index contributed by atoms with van der Waals surface area (Å²) in [6.07, 6.45) is 2.24. The number of rotatable bonds is 4. The smallest absolute Gasteiger partial charge is 0.232 e. The third-order valence-electron chi connectivity index (χ3n) is 2.86. The van der Waals surface area contributed by atoms with Gasteiger partial charge in [0.15, 0.2) is 11.6 Å². The standard InChI is InChI=1S/C13H14FN5O/c1-7-15-12(17-8-2-3-8)19-13(16-7)18-9-4-5-11(20)10(14)6-9/h4-6,8,20H,2-3H2,1H3,(H2,15,16,17,18,19). The maximum Gasteiger partial charge on any atom is 0.232 e. The second-order valence-corrected chi connectivity index (χ2v) is 4.74. The normalized spacial score (nSPS) is 14.1. The molecule has 0 bridgehead atoms. The molecule has 1 aromatic heterocycles. The van der Waals surface area contributed by atoms with E-state index in [-0.39, 0.29) is 0 Å². The highest BCUT2D eigenvalue weighted by molar-refractivity contribution is 5.55. The van der Waals surface area contributed by atoms with E-state index in [2.05, 4.69) is 25.6 Å². The Kier molecular flexibility index (Phi) is 3.09. The number of hydrogen-bond acceptors (Lipinski definition) is 6. The molecule has 1 aliphatic rings. The van der Waals surface area contributed by atoms with E-state index in [1.165, 1.54) is 12.1 Å². The van der Waals surface area contributed by atoms with Crippen LogP contribution in [0, 0.1) is 12.7 Å². The first-order valence-electron chi connectivity index (χ1n) is 6.35. The molecule has 7 heteroatoms. The van der Waals surface area contributed by atoms with Crippen LogP contribution in [0.5, 0.6) is 5.75 Å². The zero-order chi connectivity index (χ0) is 14.1. The Bertz CT molecular complexity index is 645. The first-order chi connectivity index (χ1) is 9.60. The average Bonchev–Trinajstić information content (AvgIpc) is 3.17. The van der Waals surface area contributed by atoms with Crippen LogP contribution in [0.1, 0.15) is 18.7 Å². The van der Waals surface area contributed by atoms with E-state index in [0.717, 1.165) is 12.8 Å². The molecule has 1 saturated carbocycles. The topological polar surface area (TPSA) is 83.0 Å². The Morgan fingerprint density at radius 3 is 2.65 bits per heavy atom. The molecule has 1 heterocycles. The molecule has 0 unspecified atom stereocenters. The van der Waals surface area contributed by atoms with Crippen molar-refractivity contribution in [2.24, 2.45) is 0 Å². The van der Waals surface area contributed by atoms with Crippen molar-refractivity contribution < 1.29 is 9.50 Å². The van der Waals surface area contributed by atoms with Gasteiger partial charge in [-0.25, -0.2) is 4.39 Å². The molecule has 0 aliphatic heterocycles. The molecule has 1 aromatic carbocycles. The Hall–Kier alpha value is -2.44. The third-order valence-corrected chi connectivity index (χ3v) is 2.86. The fourth-order valence-corrected chi connectivity index (χ4v) is 1.73. The van der Waals surface area contributed by atoms with E-state index in [1.54, 1.807) is 13.0 Å². The second-order valence-electron chi connectivity index (χ2n) is 4.74. The van der Waals surface area contributed by atoms with E-state index in [1.807, 2.05) is 0 Å². The first kappa shape index (κ1) is 12.6. The van der Waals surface area contributed by atoms with Gasteiger partial charge in [0.1, 0.15) is 5.82 Å². The molecule has 1 fully saturated rings. The van der Waals surface area contributed by atoms with Crippen molar-refractivity contribution in [3.8, 4) is 5.75 Å². The van der Waals surface area contributed by atoms with Gasteiger partial charge in [0.2, 0.25) is 11.9 Å². The average molecular weight is 275 g/mol. The van der Waals surface area contributed by atoms with Gasteiger partial charge in [-0.3, -0.25) is 0 Å². The molecule has 1 aliphatic carbocycles. The van der Waals surface area contributed by atoms with Crippen molar-refractivity contribution in [2.45, 2.75) is 25.8 Å². The molecule has 0 saturated heterocycles. The number of anilines is 3. The Labute approximate surface area is 115 Å². The van der Waals surface area contributed by atoms with Crippen molar-refractivity contribution in [2.75, 3.05) is 10.6 Å². The maximum atomic E-state index is 13.3. The monoisotopic (exact) mass is 275 g/mol. The van der Waals surface area contributed by atoms with Crippen LogP contribution in [-0.4, -0.2) is 26.1 Å². The number of benzene rings is 1. The van der Waals surface area contributed by atoms with Crippen molar-refractivity contribution in [3.63, 3.8) is 0 Å². The lowest BCUT2D eigenvalue weighted by atomic mass is 10.3. The number of aromatic hydroxyl groups is 1. The molecule has 3 N–H and O–H groups in total. The lowest BCUT2D eigenvalue weighted by molar-refractivity contribution is 0.432. The molecule has 0 amide bonds. The third kappa shape index (κ3) is 2.93. The molecule has 104 valence electrons. The highest BCUT2D eigenvalue weighted by atomic mass is 19.1. The number of phenolic OH excluding ortho intramolecular Hbond substituents is 1. The van der Waals surface area contributed by atoms with Gasteiger partial charge in [-0.05, 0) is 31.9 Å². The zero-order valence-electron chi connectivity index (χ0n) is 10.9. The van der Waals surface area contributed by atoms with Crippen LogP contribution in [0.3, 0.4) is 0 Å². The van der Waals surface area contributed by atoms with Crippen LogP contribution in [0.25, 0.3) is 0 Å². The minimum absolute atomic E-state index is 0.339. The van der Waals surface area contributed by atoms with Gasteiger partial charge in [0.05, 0.1) is 0 Å². The largest absolute Gasteiger partial charge is 0.505 e. The fraction of sp³-hybridized carbons (Fsp3) is 0.308. The van der Waals surface area contributed by atoms with Gasteiger partial charge >= 0.3 is 0 Å². The minimum atomic E-state index is -0.697.